The average Bonchev–Trinajstić information content (AvgIpc) is 2.96. The third kappa shape index (κ3) is 5.66. The van der Waals surface area contributed by atoms with Crippen molar-refractivity contribution in [2.45, 2.75) is 45.6 Å². The van der Waals surface area contributed by atoms with Gasteiger partial charge in [-0.3, -0.25) is 9.69 Å². The van der Waals surface area contributed by atoms with E-state index in [1.165, 1.54) is 0 Å². The van der Waals surface area contributed by atoms with Gasteiger partial charge >= 0.3 is 0 Å². The highest BCUT2D eigenvalue weighted by Gasteiger charge is 2.22. The van der Waals surface area contributed by atoms with Crippen molar-refractivity contribution < 1.29 is 9.21 Å². The monoisotopic (exact) mass is 433 g/mol. The number of carbonyl (C=O) groups excluding carboxylic acids is 1. The average molecular weight is 434 g/mol. The Morgan fingerprint density at radius 2 is 1.89 bits per heavy atom. The predicted octanol–water partition coefficient (Wildman–Crippen LogP) is 4.01. The molecule has 3 rings (SSSR count). The molecule has 0 unspecified atom stereocenters. The summed E-state index contributed by atoms with van der Waals surface area (Å²) in [4.78, 5) is 21.4. The summed E-state index contributed by atoms with van der Waals surface area (Å²) in [6.45, 7) is 10.4. The smallest absolute Gasteiger partial charge is 0.227 e. The lowest BCUT2D eigenvalue weighted by Gasteiger charge is -2.21. The Bertz CT molecular complexity index is 764. The molecule has 1 aromatic heterocycles. The molecule has 0 saturated carbocycles. The molecule has 0 atom stereocenters. The van der Waals surface area contributed by atoms with Crippen LogP contribution in [0.2, 0.25) is 0 Å². The molecule has 1 fully saturated rings. The minimum atomic E-state index is -0.0275. The highest BCUT2D eigenvalue weighted by Crippen LogP contribution is 2.23. The number of halogens is 1. The van der Waals surface area contributed by atoms with Crippen molar-refractivity contribution in [2.24, 2.45) is 0 Å². The zero-order valence-corrected chi connectivity index (χ0v) is 18.0. The maximum Gasteiger partial charge on any atom is 0.227 e. The van der Waals surface area contributed by atoms with E-state index < -0.39 is 0 Å². The van der Waals surface area contributed by atoms with Gasteiger partial charge in [0.1, 0.15) is 5.76 Å². The molecule has 1 aromatic carbocycles. The molecule has 5 nitrogen and oxygen atoms in total. The number of hydrogen-bond acceptors (Lipinski definition) is 4. The molecule has 0 radical (unpaired) electrons. The molecule has 1 amide bonds. The summed E-state index contributed by atoms with van der Waals surface area (Å²) in [5.41, 5.74) is 1.03. The molecule has 2 aromatic rings. The summed E-state index contributed by atoms with van der Waals surface area (Å²) in [5.74, 6) is 1.87. The van der Waals surface area contributed by atoms with E-state index in [2.05, 4.69) is 46.6 Å². The van der Waals surface area contributed by atoms with Crippen LogP contribution in [0.5, 0.6) is 0 Å². The first-order valence-corrected chi connectivity index (χ1v) is 10.3. The second-order valence-corrected chi connectivity index (χ2v) is 9.10. The van der Waals surface area contributed by atoms with Gasteiger partial charge < -0.3 is 9.32 Å². The van der Waals surface area contributed by atoms with Crippen molar-refractivity contribution >= 4 is 21.8 Å². The fourth-order valence-electron chi connectivity index (χ4n) is 3.19. The molecule has 27 heavy (non-hydrogen) atoms. The fraction of sp³-hybridized carbons (Fsp3) is 0.524. The van der Waals surface area contributed by atoms with E-state index in [1.54, 1.807) is 0 Å². The molecule has 1 aliphatic rings. The second kappa shape index (κ2) is 8.57. The Hall–Kier alpha value is -1.66. The van der Waals surface area contributed by atoms with Crippen LogP contribution in [0.15, 0.2) is 39.4 Å². The van der Waals surface area contributed by atoms with Crippen molar-refractivity contribution in [3.05, 3.63) is 52.1 Å². The Kier molecular flexibility index (Phi) is 6.37. The van der Waals surface area contributed by atoms with E-state index in [4.69, 9.17) is 4.42 Å². The number of hydrogen-bond donors (Lipinski definition) is 0. The van der Waals surface area contributed by atoms with Gasteiger partial charge in [0, 0.05) is 36.1 Å². The number of benzene rings is 1. The van der Waals surface area contributed by atoms with Crippen molar-refractivity contribution in [2.75, 3.05) is 26.2 Å². The number of nitrogens with zero attached hydrogens (tertiary/aromatic N) is 3. The third-order valence-corrected chi connectivity index (χ3v) is 5.39. The molecule has 1 aliphatic heterocycles. The minimum Gasteiger partial charge on any atom is -0.444 e. The highest BCUT2D eigenvalue weighted by molar-refractivity contribution is 9.10. The van der Waals surface area contributed by atoms with E-state index in [0.29, 0.717) is 13.0 Å². The Morgan fingerprint density at radius 3 is 2.56 bits per heavy atom. The second-order valence-electron chi connectivity index (χ2n) is 8.18. The topological polar surface area (TPSA) is 49.6 Å². The SMILES string of the molecule is CC(C)(C)c1cnc(CN2CCCN(C(=O)Cc3ccc(Br)cc3)CC2)o1. The Labute approximate surface area is 169 Å². The first-order valence-electron chi connectivity index (χ1n) is 9.51. The molecule has 0 bridgehead atoms. The summed E-state index contributed by atoms with van der Waals surface area (Å²) in [7, 11) is 0. The molecule has 0 spiro atoms. The van der Waals surface area contributed by atoms with Crippen LogP contribution in [0, 0.1) is 0 Å². The largest absolute Gasteiger partial charge is 0.444 e. The van der Waals surface area contributed by atoms with E-state index in [-0.39, 0.29) is 11.3 Å². The summed E-state index contributed by atoms with van der Waals surface area (Å²) in [6.07, 6.45) is 3.27. The van der Waals surface area contributed by atoms with Crippen molar-refractivity contribution in [3.63, 3.8) is 0 Å². The highest BCUT2D eigenvalue weighted by atomic mass is 79.9. The van der Waals surface area contributed by atoms with Gasteiger partial charge in [0.2, 0.25) is 11.8 Å². The predicted molar refractivity (Wildman–Crippen MR) is 110 cm³/mol. The first-order chi connectivity index (χ1) is 12.8. The zero-order chi connectivity index (χ0) is 19.4. The molecule has 146 valence electrons. The van der Waals surface area contributed by atoms with Gasteiger partial charge in [0.05, 0.1) is 19.2 Å². The number of carbonyl (C=O) groups is 1. The number of amides is 1. The maximum absolute atomic E-state index is 12.6. The molecule has 2 heterocycles. The zero-order valence-electron chi connectivity index (χ0n) is 16.4. The standard InChI is InChI=1S/C21H28BrN3O2/c1-21(2,3)18-14-23-19(27-18)15-24-9-4-10-25(12-11-24)20(26)13-16-5-7-17(22)8-6-16/h5-8,14H,4,9-13,15H2,1-3H3. The number of aromatic nitrogens is 1. The molecule has 0 aliphatic carbocycles. The van der Waals surface area contributed by atoms with Crippen LogP contribution in [0.1, 0.15) is 44.4 Å². The molecular weight excluding hydrogens is 406 g/mol. The van der Waals surface area contributed by atoms with E-state index in [0.717, 1.165) is 54.3 Å². The van der Waals surface area contributed by atoms with Crippen LogP contribution in [-0.2, 0) is 23.2 Å². The number of oxazole rings is 1. The van der Waals surface area contributed by atoms with Gasteiger partial charge in [-0.1, -0.05) is 48.8 Å². The van der Waals surface area contributed by atoms with Crippen LogP contribution in [0.4, 0.5) is 0 Å². The van der Waals surface area contributed by atoms with Gasteiger partial charge in [0.15, 0.2) is 0 Å². The summed E-state index contributed by atoms with van der Waals surface area (Å²) in [6, 6.07) is 7.97. The van der Waals surface area contributed by atoms with Gasteiger partial charge in [-0.25, -0.2) is 4.98 Å². The van der Waals surface area contributed by atoms with Crippen LogP contribution in [-0.4, -0.2) is 46.9 Å². The van der Waals surface area contributed by atoms with E-state index >= 15 is 0 Å². The number of rotatable bonds is 4. The summed E-state index contributed by atoms with van der Waals surface area (Å²) < 4.78 is 6.95. The lowest BCUT2D eigenvalue weighted by Crippen LogP contribution is -2.36. The molecular formula is C21H28BrN3O2. The third-order valence-electron chi connectivity index (χ3n) is 4.86. The van der Waals surface area contributed by atoms with E-state index in [9.17, 15) is 4.79 Å². The Balaban J connectivity index is 1.53. The quantitative estimate of drug-likeness (QED) is 0.730. The molecule has 1 saturated heterocycles. The van der Waals surface area contributed by atoms with Crippen LogP contribution >= 0.6 is 15.9 Å². The first kappa shape index (κ1) is 20.1. The van der Waals surface area contributed by atoms with Crippen molar-refractivity contribution in [1.29, 1.82) is 0 Å². The van der Waals surface area contributed by atoms with Crippen LogP contribution in [0.3, 0.4) is 0 Å². The van der Waals surface area contributed by atoms with Crippen molar-refractivity contribution in [1.82, 2.24) is 14.8 Å². The van der Waals surface area contributed by atoms with E-state index in [1.807, 2.05) is 35.4 Å². The normalized spacial score (nSPS) is 16.4. The molecule has 6 heteroatoms. The molecule has 0 N–H and O–H groups in total. The minimum absolute atomic E-state index is 0.0275. The Morgan fingerprint density at radius 1 is 1.15 bits per heavy atom. The van der Waals surface area contributed by atoms with Gasteiger partial charge in [-0.2, -0.15) is 0 Å². The summed E-state index contributed by atoms with van der Waals surface area (Å²) in [5, 5.41) is 0. The lowest BCUT2D eigenvalue weighted by molar-refractivity contribution is -0.130. The van der Waals surface area contributed by atoms with Crippen LogP contribution in [0.25, 0.3) is 0 Å². The summed E-state index contributed by atoms with van der Waals surface area (Å²) >= 11 is 3.43. The lowest BCUT2D eigenvalue weighted by atomic mass is 9.94. The van der Waals surface area contributed by atoms with Gasteiger partial charge in [-0.05, 0) is 24.1 Å². The fourth-order valence-corrected chi connectivity index (χ4v) is 3.45. The van der Waals surface area contributed by atoms with Crippen molar-refractivity contribution in [3.8, 4) is 0 Å². The van der Waals surface area contributed by atoms with Crippen LogP contribution < -0.4 is 0 Å². The van der Waals surface area contributed by atoms with Gasteiger partial charge in [0.25, 0.3) is 0 Å². The van der Waals surface area contributed by atoms with Gasteiger partial charge in [-0.15, -0.1) is 0 Å². The maximum atomic E-state index is 12.6.